The number of anilines is 1. The maximum atomic E-state index is 4.66. The van der Waals surface area contributed by atoms with Crippen molar-refractivity contribution < 1.29 is 0 Å². The lowest BCUT2D eigenvalue weighted by Crippen LogP contribution is -2.10. The van der Waals surface area contributed by atoms with E-state index < -0.39 is 0 Å². The molecule has 5 heteroatoms. The number of nitrogens with zero attached hydrogens (tertiary/aromatic N) is 2. The number of thiocarbonyl (C=S) groups is 1. The monoisotopic (exact) mass is 447 g/mol. The van der Waals surface area contributed by atoms with Crippen LogP contribution in [0.2, 0.25) is 0 Å². The molecule has 0 saturated carbocycles. The largest absolute Gasteiger partial charge is 0.335 e. The van der Waals surface area contributed by atoms with Gasteiger partial charge in [-0.1, -0.05) is 78.5 Å². The Morgan fingerprint density at radius 2 is 1.39 bits per heavy atom. The van der Waals surface area contributed by atoms with E-state index in [1.165, 1.54) is 16.7 Å². The summed E-state index contributed by atoms with van der Waals surface area (Å²) in [7, 11) is 0. The molecule has 1 N–H and O–H groups in total. The standard InChI is InChI=1S/C17H20N2S.C9H9NS/c1-13-8-7-9-14(2)16(13)19-17(20-3)18-12-15-10-5-4-6-11-15;1-7-4-3-5-8(2)9(7)10-6-11/h4-11H,12H2,1-3H3,(H,18,19);3-5H,1-2H3. The molecule has 3 aromatic rings. The topological polar surface area (TPSA) is 36.8 Å². The highest BCUT2D eigenvalue weighted by molar-refractivity contribution is 8.13. The van der Waals surface area contributed by atoms with Gasteiger partial charge in [0.25, 0.3) is 0 Å². The molecule has 3 nitrogen and oxygen atoms in total. The Kier molecular flexibility index (Phi) is 10.2. The molecule has 3 rings (SSSR count). The quantitative estimate of drug-likeness (QED) is 0.253. The van der Waals surface area contributed by atoms with Gasteiger partial charge < -0.3 is 5.32 Å². The Labute approximate surface area is 195 Å². The summed E-state index contributed by atoms with van der Waals surface area (Å²) in [6.45, 7) is 8.96. The van der Waals surface area contributed by atoms with Crippen LogP contribution in [0.1, 0.15) is 27.8 Å². The average molecular weight is 448 g/mol. The van der Waals surface area contributed by atoms with Crippen molar-refractivity contribution in [1.29, 1.82) is 0 Å². The molecule has 0 amide bonds. The zero-order valence-electron chi connectivity index (χ0n) is 18.8. The molecule has 0 saturated heterocycles. The fraction of sp³-hybridized carbons (Fsp3) is 0.231. The SMILES string of the molecule is CSC(=NCc1ccccc1)Nc1c(C)cccc1C.Cc1cccc(C)c1N=C=S. The van der Waals surface area contributed by atoms with Gasteiger partial charge in [-0.05, 0) is 74.0 Å². The van der Waals surface area contributed by atoms with Gasteiger partial charge in [-0.25, -0.2) is 0 Å². The number of benzene rings is 3. The highest BCUT2D eigenvalue weighted by Gasteiger charge is 2.04. The van der Waals surface area contributed by atoms with Crippen LogP contribution >= 0.6 is 24.0 Å². The lowest BCUT2D eigenvalue weighted by Gasteiger charge is -2.13. The molecule has 0 bridgehead atoms. The molecule has 0 unspecified atom stereocenters. The van der Waals surface area contributed by atoms with E-state index in [2.05, 4.69) is 76.9 Å². The Morgan fingerprint density at radius 3 is 1.90 bits per heavy atom. The number of thioether (sulfide) groups is 1. The normalized spacial score (nSPS) is 10.5. The molecule has 0 aromatic heterocycles. The van der Waals surface area contributed by atoms with Gasteiger partial charge in [-0.15, -0.1) is 0 Å². The Bertz CT molecular complexity index is 1030. The van der Waals surface area contributed by atoms with Crippen molar-refractivity contribution in [2.24, 2.45) is 9.98 Å². The number of nitrogens with one attached hydrogen (secondary N) is 1. The molecule has 0 aliphatic carbocycles. The molecule has 3 aromatic carbocycles. The number of para-hydroxylation sites is 2. The van der Waals surface area contributed by atoms with Gasteiger partial charge in [0.2, 0.25) is 0 Å². The van der Waals surface area contributed by atoms with E-state index in [1.54, 1.807) is 11.8 Å². The van der Waals surface area contributed by atoms with Crippen LogP contribution in [0, 0.1) is 27.7 Å². The molecule has 0 spiro atoms. The summed E-state index contributed by atoms with van der Waals surface area (Å²) in [6, 6.07) is 22.7. The van der Waals surface area contributed by atoms with Crippen molar-refractivity contribution >= 4 is 45.7 Å². The van der Waals surface area contributed by atoms with E-state index in [4.69, 9.17) is 0 Å². The number of hydrogen-bond donors (Lipinski definition) is 1. The smallest absolute Gasteiger partial charge is 0.161 e. The summed E-state index contributed by atoms with van der Waals surface area (Å²) < 4.78 is 0. The third-order valence-corrected chi connectivity index (χ3v) is 5.46. The van der Waals surface area contributed by atoms with E-state index in [-0.39, 0.29) is 0 Å². The minimum absolute atomic E-state index is 0.703. The summed E-state index contributed by atoms with van der Waals surface area (Å²) in [4.78, 5) is 8.63. The number of hydrogen-bond acceptors (Lipinski definition) is 4. The molecule has 0 aliphatic rings. The molecule has 0 atom stereocenters. The number of rotatable bonds is 4. The first-order valence-corrected chi connectivity index (χ1v) is 11.7. The number of aryl methyl sites for hydroxylation is 4. The summed E-state index contributed by atoms with van der Waals surface area (Å²) in [5.74, 6) is 0. The maximum absolute atomic E-state index is 4.66. The second-order valence-electron chi connectivity index (χ2n) is 7.15. The second kappa shape index (κ2) is 12.9. The minimum Gasteiger partial charge on any atom is -0.335 e. The third-order valence-electron chi connectivity index (χ3n) is 4.75. The molecule has 0 heterocycles. The van der Waals surface area contributed by atoms with Gasteiger partial charge in [-0.3, -0.25) is 4.99 Å². The van der Waals surface area contributed by atoms with Gasteiger partial charge in [0.1, 0.15) is 0 Å². The molecular formula is C26H29N3S2. The molecule has 0 fully saturated rings. The van der Waals surface area contributed by atoms with Gasteiger partial charge >= 0.3 is 0 Å². The van der Waals surface area contributed by atoms with Gasteiger partial charge in [-0.2, -0.15) is 4.99 Å². The van der Waals surface area contributed by atoms with Gasteiger partial charge in [0, 0.05) is 5.69 Å². The van der Waals surface area contributed by atoms with E-state index >= 15 is 0 Å². The third kappa shape index (κ3) is 7.80. The van der Waals surface area contributed by atoms with E-state index in [0.717, 1.165) is 27.7 Å². The first-order valence-electron chi connectivity index (χ1n) is 10.1. The van der Waals surface area contributed by atoms with Crippen LogP contribution < -0.4 is 5.32 Å². The molecule has 160 valence electrons. The molecular weight excluding hydrogens is 418 g/mol. The Morgan fingerprint density at radius 1 is 0.839 bits per heavy atom. The van der Waals surface area contributed by atoms with E-state index in [1.807, 2.05) is 56.5 Å². The fourth-order valence-corrected chi connectivity index (χ4v) is 3.54. The highest BCUT2D eigenvalue weighted by Crippen LogP contribution is 2.22. The van der Waals surface area contributed by atoms with Crippen molar-refractivity contribution in [3.63, 3.8) is 0 Å². The van der Waals surface area contributed by atoms with E-state index in [0.29, 0.717) is 6.54 Å². The summed E-state index contributed by atoms with van der Waals surface area (Å²) >= 11 is 6.18. The van der Waals surface area contributed by atoms with E-state index in [9.17, 15) is 0 Å². The van der Waals surface area contributed by atoms with Crippen molar-refractivity contribution in [1.82, 2.24) is 0 Å². The summed E-state index contributed by atoms with van der Waals surface area (Å²) in [6.07, 6.45) is 2.05. The Hall–Kier alpha value is -2.72. The highest BCUT2D eigenvalue weighted by atomic mass is 32.2. The van der Waals surface area contributed by atoms with Crippen molar-refractivity contribution in [3.05, 3.63) is 94.5 Å². The number of isothiocyanates is 1. The van der Waals surface area contributed by atoms with Crippen LogP contribution in [0.3, 0.4) is 0 Å². The van der Waals surface area contributed by atoms with Gasteiger partial charge in [0.05, 0.1) is 17.4 Å². The maximum Gasteiger partial charge on any atom is 0.161 e. The fourth-order valence-electron chi connectivity index (χ4n) is 3.05. The second-order valence-corrected chi connectivity index (χ2v) is 8.12. The zero-order chi connectivity index (χ0) is 22.6. The number of amidine groups is 1. The minimum atomic E-state index is 0.703. The predicted octanol–water partition coefficient (Wildman–Crippen LogP) is 7.67. The van der Waals surface area contributed by atoms with Crippen LogP contribution in [0.4, 0.5) is 11.4 Å². The molecule has 0 radical (unpaired) electrons. The summed E-state index contributed by atoms with van der Waals surface area (Å²) in [5, 5.41) is 6.77. The molecule has 31 heavy (non-hydrogen) atoms. The van der Waals surface area contributed by atoms with Crippen molar-refractivity contribution in [3.8, 4) is 0 Å². The van der Waals surface area contributed by atoms with Crippen molar-refractivity contribution in [2.45, 2.75) is 34.2 Å². The lowest BCUT2D eigenvalue weighted by molar-refractivity contribution is 1.07. The van der Waals surface area contributed by atoms with Crippen molar-refractivity contribution in [2.75, 3.05) is 11.6 Å². The summed E-state index contributed by atoms with van der Waals surface area (Å²) in [5.41, 5.74) is 8.10. The van der Waals surface area contributed by atoms with Crippen LogP contribution in [0.25, 0.3) is 0 Å². The number of aliphatic imine (C=N–C) groups is 2. The van der Waals surface area contributed by atoms with Crippen LogP contribution in [0.15, 0.2) is 76.7 Å². The van der Waals surface area contributed by atoms with Crippen LogP contribution in [-0.2, 0) is 6.54 Å². The average Bonchev–Trinajstić information content (AvgIpc) is 2.77. The first kappa shape index (κ1) is 24.5. The van der Waals surface area contributed by atoms with Crippen LogP contribution in [-0.4, -0.2) is 16.6 Å². The van der Waals surface area contributed by atoms with Gasteiger partial charge in [0.15, 0.2) is 5.17 Å². The van der Waals surface area contributed by atoms with Crippen LogP contribution in [0.5, 0.6) is 0 Å². The zero-order valence-corrected chi connectivity index (χ0v) is 20.4. The molecule has 0 aliphatic heterocycles. The Balaban J connectivity index is 0.000000262. The predicted molar refractivity (Wildman–Crippen MR) is 141 cm³/mol. The lowest BCUT2D eigenvalue weighted by atomic mass is 10.1. The first-order chi connectivity index (χ1) is 15.0.